The number of halogens is 3. The fourth-order valence-electron chi connectivity index (χ4n) is 3.75. The first kappa shape index (κ1) is 22.2. The third-order valence-electron chi connectivity index (χ3n) is 5.40. The van der Waals surface area contributed by atoms with Gasteiger partial charge in [-0.1, -0.05) is 0 Å². The Morgan fingerprint density at radius 2 is 2.00 bits per heavy atom. The molecule has 13 heteroatoms. The quantitative estimate of drug-likeness (QED) is 0.680. The van der Waals surface area contributed by atoms with E-state index in [9.17, 15) is 33.0 Å². The molecule has 2 aliphatic rings. The van der Waals surface area contributed by atoms with Crippen LogP contribution in [0.15, 0.2) is 18.2 Å². The van der Waals surface area contributed by atoms with Crippen LogP contribution in [-0.4, -0.2) is 68.7 Å². The van der Waals surface area contributed by atoms with Gasteiger partial charge in [-0.3, -0.25) is 24.1 Å². The van der Waals surface area contributed by atoms with Gasteiger partial charge in [0.1, 0.15) is 18.0 Å². The van der Waals surface area contributed by atoms with E-state index < -0.39 is 47.6 Å². The van der Waals surface area contributed by atoms with Crippen LogP contribution in [0, 0.1) is 6.92 Å². The molecular weight excluding hydrogens is 435 g/mol. The fraction of sp³-hybridized carbons (Fsp3) is 0.474. The van der Waals surface area contributed by atoms with Gasteiger partial charge in [0.15, 0.2) is 11.9 Å². The summed E-state index contributed by atoms with van der Waals surface area (Å²) in [5, 5.41) is 24.8. The van der Waals surface area contributed by atoms with Crippen LogP contribution in [0.4, 0.5) is 24.8 Å². The number of ether oxygens (including phenoxy) is 1. The number of carbonyl (C=O) groups excluding carboxylic acids is 2. The highest BCUT2D eigenvalue weighted by Gasteiger charge is 2.53. The van der Waals surface area contributed by atoms with E-state index in [1.165, 1.54) is 14.0 Å². The lowest BCUT2D eigenvalue weighted by molar-refractivity contribution is -0.137. The third kappa shape index (κ3) is 3.72. The zero-order valence-corrected chi connectivity index (χ0v) is 17.1. The molecule has 3 atom stereocenters. The van der Waals surface area contributed by atoms with Crippen molar-refractivity contribution >= 4 is 23.5 Å². The number of hydrogen-bond acceptors (Lipinski definition) is 7. The van der Waals surface area contributed by atoms with Gasteiger partial charge < -0.3 is 14.9 Å². The summed E-state index contributed by atoms with van der Waals surface area (Å²) < 4.78 is 46.8. The maximum atomic E-state index is 13.3. The molecule has 2 aliphatic heterocycles. The summed E-state index contributed by atoms with van der Waals surface area (Å²) in [5.74, 6) is -2.28. The Labute approximate surface area is 179 Å². The summed E-state index contributed by atoms with van der Waals surface area (Å²) in [6, 6.07) is 1.28. The summed E-state index contributed by atoms with van der Waals surface area (Å²) in [5.41, 5.74) is -0.425. The van der Waals surface area contributed by atoms with Crippen LogP contribution in [0.5, 0.6) is 0 Å². The first-order valence-corrected chi connectivity index (χ1v) is 9.66. The summed E-state index contributed by atoms with van der Waals surface area (Å²) in [7, 11) is 1.35. The van der Waals surface area contributed by atoms with Gasteiger partial charge in [-0.15, -0.1) is 0 Å². The number of anilines is 2. The molecular formula is C19H20F3N5O5. The van der Waals surface area contributed by atoms with Gasteiger partial charge in [0.05, 0.1) is 31.0 Å². The van der Waals surface area contributed by atoms with Gasteiger partial charge in [0, 0.05) is 18.8 Å². The average molecular weight is 455 g/mol. The number of aromatic nitrogens is 3. The van der Waals surface area contributed by atoms with E-state index in [1.807, 2.05) is 0 Å². The first-order chi connectivity index (χ1) is 15.0. The predicted molar refractivity (Wildman–Crippen MR) is 103 cm³/mol. The number of alkyl halides is 3. The van der Waals surface area contributed by atoms with Crippen molar-refractivity contribution in [2.45, 2.75) is 44.5 Å². The van der Waals surface area contributed by atoms with Crippen LogP contribution < -0.4 is 9.80 Å². The minimum atomic E-state index is -4.73. The molecule has 2 amide bonds. The number of aliphatic hydroxyl groups excluding tert-OH is 2. The summed E-state index contributed by atoms with van der Waals surface area (Å²) in [6.07, 6.45) is -8.61. The number of amides is 2. The van der Waals surface area contributed by atoms with Crippen LogP contribution in [0.3, 0.4) is 0 Å². The number of rotatable bonds is 3. The summed E-state index contributed by atoms with van der Waals surface area (Å²) in [4.78, 5) is 31.5. The van der Waals surface area contributed by atoms with E-state index in [2.05, 4.69) is 10.1 Å². The maximum Gasteiger partial charge on any atom is 0.416 e. The van der Waals surface area contributed by atoms with E-state index in [4.69, 9.17) is 4.74 Å². The van der Waals surface area contributed by atoms with Gasteiger partial charge in [-0.25, -0.2) is 4.98 Å². The molecule has 172 valence electrons. The standard InChI is InChI=1S/C19H20F3N5O5/c1-9-5-10(19(20,21)22)6-12(23-9)27-14(15(28)16(29)18(27)31)17(30)25(2)13-7-11-8-32-4-3-26(11)24-13/h5-7,14-16,28-29H,3-4,8H2,1-2H3/t14-,15-,16-/m0/s1. The number of pyridine rings is 1. The summed E-state index contributed by atoms with van der Waals surface area (Å²) >= 11 is 0. The van der Waals surface area contributed by atoms with Crippen LogP contribution >= 0.6 is 0 Å². The Hall–Kier alpha value is -3.03. The highest BCUT2D eigenvalue weighted by Crippen LogP contribution is 2.34. The molecule has 1 saturated heterocycles. The van der Waals surface area contributed by atoms with E-state index in [1.54, 1.807) is 10.7 Å². The lowest BCUT2D eigenvalue weighted by Gasteiger charge is -2.28. The van der Waals surface area contributed by atoms with Crippen molar-refractivity contribution in [2.24, 2.45) is 0 Å². The average Bonchev–Trinajstić information content (AvgIpc) is 3.26. The fourth-order valence-corrected chi connectivity index (χ4v) is 3.75. The van der Waals surface area contributed by atoms with E-state index in [-0.39, 0.29) is 18.1 Å². The zero-order valence-electron chi connectivity index (χ0n) is 17.1. The van der Waals surface area contributed by atoms with Gasteiger partial charge >= 0.3 is 6.18 Å². The Balaban J connectivity index is 1.71. The van der Waals surface area contributed by atoms with E-state index in [0.29, 0.717) is 29.8 Å². The van der Waals surface area contributed by atoms with Crippen LogP contribution in [0.2, 0.25) is 0 Å². The monoisotopic (exact) mass is 455 g/mol. The second-order valence-electron chi connectivity index (χ2n) is 7.61. The van der Waals surface area contributed by atoms with Crippen LogP contribution in [0.25, 0.3) is 0 Å². The number of nitrogens with zero attached hydrogens (tertiary/aromatic N) is 5. The second kappa shape index (κ2) is 7.83. The number of aliphatic hydroxyl groups is 2. The lowest BCUT2D eigenvalue weighted by Crippen LogP contribution is -2.50. The molecule has 1 fully saturated rings. The Morgan fingerprint density at radius 3 is 2.66 bits per heavy atom. The number of hydrogen-bond donors (Lipinski definition) is 2. The van der Waals surface area contributed by atoms with Crippen molar-refractivity contribution in [2.75, 3.05) is 23.5 Å². The minimum absolute atomic E-state index is 0.0557. The molecule has 4 rings (SSSR count). The highest BCUT2D eigenvalue weighted by atomic mass is 19.4. The number of likely N-dealkylation sites (N-methyl/N-ethyl adjacent to an activating group) is 1. The van der Waals surface area contributed by atoms with Crippen molar-refractivity contribution in [1.29, 1.82) is 0 Å². The smallest absolute Gasteiger partial charge is 0.387 e. The van der Waals surface area contributed by atoms with Crippen molar-refractivity contribution in [3.63, 3.8) is 0 Å². The van der Waals surface area contributed by atoms with Gasteiger partial charge in [-0.2, -0.15) is 18.3 Å². The largest absolute Gasteiger partial charge is 0.416 e. The molecule has 0 spiro atoms. The molecule has 0 radical (unpaired) electrons. The summed E-state index contributed by atoms with van der Waals surface area (Å²) in [6.45, 7) is 2.51. The molecule has 4 heterocycles. The topological polar surface area (TPSA) is 121 Å². The predicted octanol–water partition coefficient (Wildman–Crippen LogP) is 0.236. The third-order valence-corrected chi connectivity index (χ3v) is 5.40. The molecule has 0 bridgehead atoms. The van der Waals surface area contributed by atoms with Crippen molar-refractivity contribution in [3.05, 3.63) is 35.2 Å². The van der Waals surface area contributed by atoms with Gasteiger partial charge in [0.2, 0.25) is 0 Å². The Kier molecular flexibility index (Phi) is 5.43. The molecule has 0 aliphatic carbocycles. The Morgan fingerprint density at radius 1 is 1.28 bits per heavy atom. The molecule has 2 N–H and O–H groups in total. The maximum absolute atomic E-state index is 13.3. The molecule has 0 saturated carbocycles. The molecule has 32 heavy (non-hydrogen) atoms. The van der Waals surface area contributed by atoms with E-state index >= 15 is 0 Å². The molecule has 2 aromatic heterocycles. The zero-order chi connectivity index (χ0) is 23.4. The van der Waals surface area contributed by atoms with E-state index in [0.717, 1.165) is 11.0 Å². The van der Waals surface area contributed by atoms with Crippen molar-refractivity contribution in [3.8, 4) is 0 Å². The molecule has 0 aromatic carbocycles. The number of carbonyl (C=O) groups is 2. The van der Waals surface area contributed by atoms with Crippen molar-refractivity contribution in [1.82, 2.24) is 14.8 Å². The molecule has 0 unspecified atom stereocenters. The van der Waals surface area contributed by atoms with Gasteiger partial charge in [0.25, 0.3) is 11.8 Å². The minimum Gasteiger partial charge on any atom is -0.387 e. The van der Waals surface area contributed by atoms with Crippen LogP contribution in [0.1, 0.15) is 17.0 Å². The molecule has 10 nitrogen and oxygen atoms in total. The molecule has 2 aromatic rings. The van der Waals surface area contributed by atoms with Gasteiger partial charge in [-0.05, 0) is 19.1 Å². The SMILES string of the molecule is Cc1cc(C(F)(F)F)cc(N2C(=O)[C@@H](O)[C@@H](O)[C@H]2C(=O)N(C)c2cc3n(n2)CCOC3)n1. The normalized spacial score (nSPS) is 23.4. The Bertz CT molecular complexity index is 1050. The number of fused-ring (bicyclic) bond motifs is 1. The lowest BCUT2D eigenvalue weighted by atomic mass is 10.1. The van der Waals surface area contributed by atoms with Crippen LogP contribution in [-0.2, 0) is 33.7 Å². The first-order valence-electron chi connectivity index (χ1n) is 9.66. The van der Waals surface area contributed by atoms with Crippen molar-refractivity contribution < 1.29 is 37.7 Å². The highest BCUT2D eigenvalue weighted by molar-refractivity contribution is 6.10. The second-order valence-corrected chi connectivity index (χ2v) is 7.61. The number of aryl methyl sites for hydroxylation is 1.